The van der Waals surface area contributed by atoms with Crippen molar-refractivity contribution < 1.29 is 29.0 Å². The summed E-state index contributed by atoms with van der Waals surface area (Å²) in [6.07, 6.45) is 1.20. The molecule has 0 aromatic rings. The fourth-order valence-corrected chi connectivity index (χ4v) is 4.75. The monoisotopic (exact) mass is 496 g/mol. The van der Waals surface area contributed by atoms with Gasteiger partial charge in [-0.1, -0.05) is 0 Å². The standard InChI is InChI=1S/C23H40N6O6/c1-23(2,3)35-21(32)25-20(24)28-9-6-17(7-10-28)29-16-18(34-22(29)33)15-27-13-11-26(12-14-27)8-4-5-19(30)31/h17-18H,4-16H2,1-3H3,(H,30,31)(H2,24,25,32). The predicted octanol–water partition coefficient (Wildman–Crippen LogP) is 1.21. The zero-order chi connectivity index (χ0) is 25.6. The van der Waals surface area contributed by atoms with Crippen LogP contribution in [0.25, 0.3) is 0 Å². The van der Waals surface area contributed by atoms with E-state index < -0.39 is 17.7 Å². The summed E-state index contributed by atoms with van der Waals surface area (Å²) in [6, 6.07) is 0.0594. The van der Waals surface area contributed by atoms with Crippen molar-refractivity contribution in [3.63, 3.8) is 0 Å². The van der Waals surface area contributed by atoms with Crippen molar-refractivity contribution in [3.8, 4) is 0 Å². The molecule has 12 nitrogen and oxygen atoms in total. The van der Waals surface area contributed by atoms with Crippen LogP contribution in [0.5, 0.6) is 0 Å². The Bertz CT molecular complexity index is 771. The summed E-state index contributed by atoms with van der Waals surface area (Å²) in [4.78, 5) is 43.3. The molecular weight excluding hydrogens is 456 g/mol. The fraction of sp³-hybridized carbons (Fsp3) is 0.826. The van der Waals surface area contributed by atoms with Gasteiger partial charge in [-0.3, -0.25) is 20.4 Å². The lowest BCUT2D eigenvalue weighted by Gasteiger charge is -2.37. The van der Waals surface area contributed by atoms with Crippen molar-refractivity contribution in [3.05, 3.63) is 0 Å². The molecular formula is C23H40N6O6. The summed E-state index contributed by atoms with van der Waals surface area (Å²) in [7, 11) is 0. The van der Waals surface area contributed by atoms with Gasteiger partial charge >= 0.3 is 18.2 Å². The number of hydrogen-bond donors (Lipinski definition) is 3. The van der Waals surface area contributed by atoms with Crippen LogP contribution in [0, 0.1) is 5.41 Å². The van der Waals surface area contributed by atoms with E-state index in [1.807, 2.05) is 4.90 Å². The first kappa shape index (κ1) is 27.0. The molecule has 3 saturated heterocycles. The van der Waals surface area contributed by atoms with E-state index in [0.717, 1.165) is 32.7 Å². The minimum atomic E-state index is -0.752. The minimum Gasteiger partial charge on any atom is -0.481 e. The van der Waals surface area contributed by atoms with Gasteiger partial charge in [0.2, 0.25) is 5.96 Å². The number of hydrogen-bond acceptors (Lipinski definition) is 8. The number of carbonyl (C=O) groups is 3. The molecule has 3 aliphatic heterocycles. The Kier molecular flexibility index (Phi) is 9.17. The molecule has 0 aromatic carbocycles. The number of aliphatic carboxylic acids is 1. The van der Waals surface area contributed by atoms with Gasteiger partial charge in [-0.15, -0.1) is 0 Å². The van der Waals surface area contributed by atoms with E-state index in [4.69, 9.17) is 20.0 Å². The summed E-state index contributed by atoms with van der Waals surface area (Å²) in [5.74, 6) is -0.737. The Morgan fingerprint density at radius 1 is 1.11 bits per heavy atom. The molecule has 3 N–H and O–H groups in total. The number of carbonyl (C=O) groups excluding carboxylic acids is 2. The molecule has 0 spiro atoms. The first-order chi connectivity index (χ1) is 16.5. The number of carboxylic acids is 1. The number of likely N-dealkylation sites (tertiary alicyclic amines) is 1. The third-order valence-electron chi connectivity index (χ3n) is 6.53. The number of ether oxygens (including phenoxy) is 2. The molecule has 1 atom stereocenters. The summed E-state index contributed by atoms with van der Waals surface area (Å²) in [5.41, 5.74) is -0.625. The van der Waals surface area contributed by atoms with Gasteiger partial charge in [0, 0.05) is 58.3 Å². The van der Waals surface area contributed by atoms with Gasteiger partial charge in [0.1, 0.15) is 11.7 Å². The Balaban J connectivity index is 1.36. The molecule has 3 aliphatic rings. The lowest BCUT2D eigenvalue weighted by atomic mass is 10.0. The highest BCUT2D eigenvalue weighted by Gasteiger charge is 2.38. The van der Waals surface area contributed by atoms with Gasteiger partial charge in [0.25, 0.3) is 0 Å². The molecule has 2 amide bonds. The smallest absolute Gasteiger partial charge is 0.414 e. The highest BCUT2D eigenvalue weighted by atomic mass is 16.6. The van der Waals surface area contributed by atoms with Crippen molar-refractivity contribution in [1.29, 1.82) is 5.41 Å². The lowest BCUT2D eigenvalue weighted by molar-refractivity contribution is -0.137. The van der Waals surface area contributed by atoms with E-state index in [1.54, 1.807) is 25.7 Å². The number of alkyl carbamates (subject to hydrolysis) is 1. The molecule has 0 aromatic heterocycles. The quantitative estimate of drug-likeness (QED) is 0.351. The van der Waals surface area contributed by atoms with Gasteiger partial charge in [-0.05, 0) is 46.6 Å². The Morgan fingerprint density at radius 3 is 2.34 bits per heavy atom. The summed E-state index contributed by atoms with van der Waals surface area (Å²) in [5, 5.41) is 19.4. The number of carboxylic acid groups (broad SMARTS) is 1. The maximum Gasteiger partial charge on any atom is 0.414 e. The molecule has 0 saturated carbocycles. The Labute approximate surface area is 207 Å². The molecule has 3 heterocycles. The van der Waals surface area contributed by atoms with Crippen LogP contribution >= 0.6 is 0 Å². The van der Waals surface area contributed by atoms with Crippen LogP contribution in [0.3, 0.4) is 0 Å². The number of cyclic esters (lactones) is 1. The topological polar surface area (TPSA) is 139 Å². The van der Waals surface area contributed by atoms with Crippen molar-refractivity contribution in [2.75, 3.05) is 58.9 Å². The molecule has 198 valence electrons. The van der Waals surface area contributed by atoms with E-state index in [-0.39, 0.29) is 30.6 Å². The molecule has 1 unspecified atom stereocenters. The van der Waals surface area contributed by atoms with Crippen LogP contribution in [0.1, 0.15) is 46.5 Å². The SMILES string of the molecule is CC(C)(C)OC(=O)NC(=N)N1CCC(N2CC(CN3CCN(CCCC(=O)O)CC3)OC2=O)CC1. The van der Waals surface area contributed by atoms with Gasteiger partial charge < -0.3 is 29.3 Å². The molecule has 3 fully saturated rings. The maximum absolute atomic E-state index is 12.5. The van der Waals surface area contributed by atoms with Crippen molar-refractivity contribution in [1.82, 2.24) is 24.9 Å². The van der Waals surface area contributed by atoms with Crippen LogP contribution in [-0.4, -0.2) is 125 Å². The Hall–Kier alpha value is -2.60. The first-order valence-electron chi connectivity index (χ1n) is 12.5. The number of nitrogens with zero attached hydrogens (tertiary/aromatic N) is 4. The second-order valence-electron chi connectivity index (χ2n) is 10.5. The number of guanidine groups is 1. The molecule has 0 radical (unpaired) electrons. The van der Waals surface area contributed by atoms with Gasteiger partial charge in [-0.2, -0.15) is 0 Å². The predicted molar refractivity (Wildman–Crippen MR) is 128 cm³/mol. The number of amides is 2. The summed E-state index contributed by atoms with van der Waals surface area (Å²) in [6.45, 7) is 12.1. The summed E-state index contributed by atoms with van der Waals surface area (Å²) >= 11 is 0. The van der Waals surface area contributed by atoms with Crippen LogP contribution < -0.4 is 5.32 Å². The average molecular weight is 497 g/mol. The Morgan fingerprint density at radius 2 is 1.74 bits per heavy atom. The highest BCUT2D eigenvalue weighted by molar-refractivity contribution is 5.92. The van der Waals surface area contributed by atoms with E-state index in [9.17, 15) is 14.4 Å². The van der Waals surface area contributed by atoms with E-state index in [0.29, 0.717) is 45.4 Å². The molecule has 35 heavy (non-hydrogen) atoms. The summed E-state index contributed by atoms with van der Waals surface area (Å²) < 4.78 is 10.9. The zero-order valence-corrected chi connectivity index (χ0v) is 21.1. The largest absolute Gasteiger partial charge is 0.481 e. The normalized spacial score (nSPS) is 22.7. The molecule has 12 heteroatoms. The van der Waals surface area contributed by atoms with E-state index in [2.05, 4.69) is 15.1 Å². The van der Waals surface area contributed by atoms with Crippen molar-refractivity contribution >= 4 is 24.1 Å². The van der Waals surface area contributed by atoms with Gasteiger partial charge in [0.05, 0.1) is 6.54 Å². The van der Waals surface area contributed by atoms with Gasteiger partial charge in [0.15, 0.2) is 0 Å². The molecule has 0 aliphatic carbocycles. The van der Waals surface area contributed by atoms with Gasteiger partial charge in [-0.25, -0.2) is 9.59 Å². The average Bonchev–Trinajstić information content (AvgIpc) is 3.13. The van der Waals surface area contributed by atoms with Crippen LogP contribution in [0.2, 0.25) is 0 Å². The number of nitrogens with one attached hydrogen (secondary N) is 2. The second kappa shape index (κ2) is 11.9. The zero-order valence-electron chi connectivity index (χ0n) is 21.1. The van der Waals surface area contributed by atoms with Crippen LogP contribution in [-0.2, 0) is 14.3 Å². The molecule has 3 rings (SSSR count). The molecule has 0 bridgehead atoms. The first-order valence-corrected chi connectivity index (χ1v) is 12.5. The van der Waals surface area contributed by atoms with Crippen LogP contribution in [0.4, 0.5) is 9.59 Å². The second-order valence-corrected chi connectivity index (χ2v) is 10.5. The number of piperazine rings is 1. The van der Waals surface area contributed by atoms with Crippen molar-refractivity contribution in [2.45, 2.75) is 64.2 Å². The third-order valence-corrected chi connectivity index (χ3v) is 6.53. The highest BCUT2D eigenvalue weighted by Crippen LogP contribution is 2.23. The fourth-order valence-electron chi connectivity index (χ4n) is 4.75. The number of rotatable bonds is 7. The van der Waals surface area contributed by atoms with Crippen molar-refractivity contribution in [2.24, 2.45) is 0 Å². The third kappa shape index (κ3) is 8.53. The lowest BCUT2D eigenvalue weighted by Crippen LogP contribution is -2.52. The maximum atomic E-state index is 12.5. The number of piperidine rings is 1. The van der Waals surface area contributed by atoms with E-state index in [1.165, 1.54) is 0 Å². The van der Waals surface area contributed by atoms with Crippen LogP contribution in [0.15, 0.2) is 0 Å². The minimum absolute atomic E-state index is 0.0154. The van der Waals surface area contributed by atoms with E-state index >= 15 is 0 Å².